The molecule has 0 saturated carbocycles. The molecule has 0 atom stereocenters. The van der Waals surface area contributed by atoms with Gasteiger partial charge in [-0.1, -0.05) is 24.8 Å². The molecule has 0 aliphatic rings. The molecule has 0 N–H and O–H groups in total. The quantitative estimate of drug-likeness (QED) is 0.495. The number of alkyl halides is 1. The highest BCUT2D eigenvalue weighted by atomic mass is 19.1. The summed E-state index contributed by atoms with van der Waals surface area (Å²) in [5.74, 6) is 0.792. The van der Waals surface area contributed by atoms with E-state index >= 15 is 0 Å². The van der Waals surface area contributed by atoms with Crippen molar-refractivity contribution >= 4 is 27.5 Å². The highest BCUT2D eigenvalue weighted by Gasteiger charge is 2.11. The molecule has 0 spiro atoms. The van der Waals surface area contributed by atoms with E-state index in [4.69, 9.17) is 14.2 Å². The second-order valence-corrected chi connectivity index (χ2v) is 6.03. The number of hydrogen-bond donors (Lipinski definition) is 0. The van der Waals surface area contributed by atoms with Gasteiger partial charge >= 0.3 is 0 Å². The monoisotopic (exact) mass is 357 g/mol. The molecule has 0 bridgehead atoms. The molecular weight excluding hydrogens is 333 g/mol. The molecule has 0 aliphatic carbocycles. The average molecular weight is 357 g/mol. The Morgan fingerprint density at radius 3 is 2.38 bits per heavy atom. The summed E-state index contributed by atoms with van der Waals surface area (Å²) >= 11 is 0. The Hall–Kier alpha value is -2.37. The first-order valence-electron chi connectivity index (χ1n) is 8.75. The van der Waals surface area contributed by atoms with E-state index in [1.807, 2.05) is 31.2 Å². The number of nitrogens with zero attached hydrogens (tertiary/aromatic N) is 1. The molecule has 4 nitrogen and oxygen atoms in total. The zero-order valence-corrected chi connectivity index (χ0v) is 15.0. The highest BCUT2D eigenvalue weighted by molar-refractivity contribution is 6.10. The zero-order valence-electron chi connectivity index (χ0n) is 15.0. The molecule has 0 amide bonds. The van der Waals surface area contributed by atoms with Gasteiger partial charge in [-0.15, -0.1) is 0 Å². The summed E-state index contributed by atoms with van der Waals surface area (Å²) in [7, 11) is 0. The predicted molar refractivity (Wildman–Crippen MR) is 104 cm³/mol. The molecule has 1 aromatic heterocycles. The maximum Gasteiger partial charge on any atom is 0.121 e. The van der Waals surface area contributed by atoms with Crippen LogP contribution in [0.4, 0.5) is 4.39 Å². The van der Waals surface area contributed by atoms with Gasteiger partial charge < -0.3 is 18.8 Å². The minimum Gasteiger partial charge on any atom is -0.491 e. The van der Waals surface area contributed by atoms with Gasteiger partial charge in [0.05, 0.1) is 37.5 Å². The minimum atomic E-state index is -0.466. The number of hydrogen-bond acceptors (Lipinski definition) is 3. The summed E-state index contributed by atoms with van der Waals surface area (Å²) in [6, 6.07) is 14.4. The molecule has 138 valence electrons. The number of allylic oxidation sites excluding steroid dienone is 1. The van der Waals surface area contributed by atoms with E-state index in [1.165, 1.54) is 10.8 Å². The molecule has 0 radical (unpaired) electrons. The molecule has 0 unspecified atom stereocenters. The lowest BCUT2D eigenvalue weighted by Gasteiger charge is -2.09. The number of ether oxygens (including phenoxy) is 3. The Bertz CT molecular complexity index is 887. The lowest BCUT2D eigenvalue weighted by atomic mass is 10.1. The zero-order chi connectivity index (χ0) is 18.4. The van der Waals surface area contributed by atoms with Crippen molar-refractivity contribution in [3.63, 3.8) is 0 Å². The van der Waals surface area contributed by atoms with E-state index in [1.54, 1.807) is 0 Å². The van der Waals surface area contributed by atoms with Crippen LogP contribution in [0.25, 0.3) is 27.5 Å². The van der Waals surface area contributed by atoms with Gasteiger partial charge in [0.15, 0.2) is 0 Å². The van der Waals surface area contributed by atoms with Crippen molar-refractivity contribution in [1.82, 2.24) is 4.57 Å². The van der Waals surface area contributed by atoms with E-state index in [9.17, 15) is 4.39 Å². The average Bonchev–Trinajstić information content (AvgIpc) is 2.97. The van der Waals surface area contributed by atoms with Gasteiger partial charge in [-0.3, -0.25) is 0 Å². The second-order valence-electron chi connectivity index (χ2n) is 6.03. The van der Waals surface area contributed by atoms with E-state index < -0.39 is 6.67 Å². The summed E-state index contributed by atoms with van der Waals surface area (Å²) in [6.45, 7) is 7.50. The van der Waals surface area contributed by atoms with Crippen molar-refractivity contribution in [2.75, 3.05) is 39.7 Å². The van der Waals surface area contributed by atoms with Crippen LogP contribution in [0.5, 0.6) is 5.75 Å². The Balaban J connectivity index is 1.66. The summed E-state index contributed by atoms with van der Waals surface area (Å²) in [5, 5.41) is 2.38. The molecule has 0 aliphatic heterocycles. The van der Waals surface area contributed by atoms with Crippen molar-refractivity contribution in [1.29, 1.82) is 0 Å². The summed E-state index contributed by atoms with van der Waals surface area (Å²) < 4.78 is 30.2. The van der Waals surface area contributed by atoms with E-state index in [0.717, 1.165) is 22.5 Å². The van der Waals surface area contributed by atoms with Crippen molar-refractivity contribution in [2.45, 2.75) is 6.92 Å². The predicted octanol–water partition coefficient (Wildman–Crippen LogP) is 4.67. The highest BCUT2D eigenvalue weighted by Crippen LogP contribution is 2.33. The largest absolute Gasteiger partial charge is 0.491 e. The van der Waals surface area contributed by atoms with Crippen LogP contribution >= 0.6 is 0 Å². The van der Waals surface area contributed by atoms with Crippen LogP contribution in [0.15, 0.2) is 49.0 Å². The third-order valence-corrected chi connectivity index (χ3v) is 4.12. The number of para-hydroxylation sites is 1. The molecule has 1 heterocycles. The topological polar surface area (TPSA) is 32.6 Å². The van der Waals surface area contributed by atoms with E-state index in [2.05, 4.69) is 29.3 Å². The Morgan fingerprint density at radius 1 is 0.923 bits per heavy atom. The maximum absolute atomic E-state index is 11.9. The molecule has 3 rings (SSSR count). The van der Waals surface area contributed by atoms with Gasteiger partial charge in [0.2, 0.25) is 0 Å². The molecular formula is C21H24FNO3. The smallest absolute Gasteiger partial charge is 0.121 e. The molecule has 0 saturated heterocycles. The fourth-order valence-electron chi connectivity index (χ4n) is 3.05. The summed E-state index contributed by atoms with van der Waals surface area (Å²) in [5.41, 5.74) is 3.19. The van der Waals surface area contributed by atoms with Crippen LogP contribution in [0, 0.1) is 0 Å². The Kier molecular flexibility index (Phi) is 6.26. The number of halogens is 1. The van der Waals surface area contributed by atoms with E-state index in [0.29, 0.717) is 26.4 Å². The molecule has 3 aromatic rings. The van der Waals surface area contributed by atoms with Gasteiger partial charge in [0.1, 0.15) is 19.0 Å². The fourth-order valence-corrected chi connectivity index (χ4v) is 3.05. The first-order valence-corrected chi connectivity index (χ1v) is 8.75. The first-order chi connectivity index (χ1) is 12.7. The van der Waals surface area contributed by atoms with Crippen LogP contribution in [0.3, 0.4) is 0 Å². The lowest BCUT2D eigenvalue weighted by molar-refractivity contribution is 0.0325. The number of aromatic nitrogens is 1. The van der Waals surface area contributed by atoms with Crippen LogP contribution in [0.2, 0.25) is 0 Å². The van der Waals surface area contributed by atoms with Crippen LogP contribution < -0.4 is 4.74 Å². The number of fused-ring (bicyclic) bond motifs is 3. The third kappa shape index (κ3) is 4.06. The third-order valence-electron chi connectivity index (χ3n) is 4.12. The molecule has 5 heteroatoms. The Labute approximate surface area is 152 Å². The molecule has 2 aromatic carbocycles. The van der Waals surface area contributed by atoms with Crippen LogP contribution in [-0.4, -0.2) is 44.3 Å². The Morgan fingerprint density at radius 2 is 1.62 bits per heavy atom. The van der Waals surface area contributed by atoms with Crippen molar-refractivity contribution in [3.8, 4) is 5.75 Å². The minimum absolute atomic E-state index is 0.122. The van der Waals surface area contributed by atoms with Gasteiger partial charge in [0.25, 0.3) is 0 Å². The van der Waals surface area contributed by atoms with Crippen LogP contribution in [-0.2, 0) is 9.47 Å². The van der Waals surface area contributed by atoms with Crippen LogP contribution in [0.1, 0.15) is 6.92 Å². The molecule has 0 fully saturated rings. The van der Waals surface area contributed by atoms with Crippen molar-refractivity contribution in [3.05, 3.63) is 49.0 Å². The number of rotatable bonds is 10. The summed E-state index contributed by atoms with van der Waals surface area (Å²) in [4.78, 5) is 0. The SMILES string of the molecule is C=C(C)n1c2ccccc2c2ccc(OCCOCCOCCF)cc21. The second kappa shape index (κ2) is 8.83. The van der Waals surface area contributed by atoms with Crippen molar-refractivity contribution in [2.24, 2.45) is 0 Å². The normalized spacial score (nSPS) is 11.3. The number of benzene rings is 2. The fraction of sp³-hybridized carbons (Fsp3) is 0.333. The van der Waals surface area contributed by atoms with Gasteiger partial charge in [0, 0.05) is 22.5 Å². The standard InChI is InChI=1S/C21H24FNO3/c1-16(2)23-20-6-4-3-5-18(20)19-8-7-17(15-21(19)23)26-14-13-25-12-11-24-10-9-22/h3-8,15H,1,9-14H2,2H3. The van der Waals surface area contributed by atoms with Gasteiger partial charge in [-0.2, -0.15) is 0 Å². The molecule has 26 heavy (non-hydrogen) atoms. The summed E-state index contributed by atoms with van der Waals surface area (Å²) in [6.07, 6.45) is 0. The lowest BCUT2D eigenvalue weighted by Crippen LogP contribution is -2.11. The first kappa shape index (κ1) is 18.4. The maximum atomic E-state index is 11.9. The van der Waals surface area contributed by atoms with Gasteiger partial charge in [-0.05, 0) is 25.1 Å². The van der Waals surface area contributed by atoms with Crippen molar-refractivity contribution < 1.29 is 18.6 Å². The van der Waals surface area contributed by atoms with E-state index in [-0.39, 0.29) is 6.61 Å². The van der Waals surface area contributed by atoms with Gasteiger partial charge in [-0.25, -0.2) is 4.39 Å².